The lowest BCUT2D eigenvalue weighted by Gasteiger charge is -2.24. The zero-order valence-corrected chi connectivity index (χ0v) is 15.4. The summed E-state index contributed by atoms with van der Waals surface area (Å²) in [7, 11) is 0. The van der Waals surface area contributed by atoms with Crippen LogP contribution in [0.2, 0.25) is 0 Å². The Bertz CT molecular complexity index is 816. The first-order valence-corrected chi connectivity index (χ1v) is 8.71. The van der Waals surface area contributed by atoms with Crippen molar-refractivity contribution in [3.05, 3.63) is 65.5 Å². The van der Waals surface area contributed by atoms with Crippen molar-refractivity contribution in [2.75, 3.05) is 6.54 Å². The number of hydrogen-bond donors (Lipinski definition) is 3. The van der Waals surface area contributed by atoms with E-state index in [9.17, 15) is 0 Å². The lowest BCUT2D eigenvalue weighted by molar-refractivity contribution is 0.214. The van der Waals surface area contributed by atoms with Crippen LogP contribution in [0.25, 0.3) is 5.70 Å². The van der Waals surface area contributed by atoms with E-state index < -0.39 is 0 Å². The summed E-state index contributed by atoms with van der Waals surface area (Å²) in [6.07, 6.45) is 5.25. The average molecular weight is 351 g/mol. The van der Waals surface area contributed by atoms with Crippen LogP contribution in [-0.4, -0.2) is 29.8 Å². The van der Waals surface area contributed by atoms with E-state index in [4.69, 9.17) is 10.5 Å². The maximum absolute atomic E-state index is 5.99. The number of nitrogens with zero attached hydrogens (tertiary/aromatic N) is 2. The molecule has 6 nitrogen and oxygen atoms in total. The molecule has 0 bridgehead atoms. The Hall–Kier alpha value is -2.86. The molecular weight excluding hydrogens is 326 g/mol. The standard InChI is InChI=1S/C20H25N5O/c1-13-6-4-8-17(15(13)3)18-10-19(25-20(21)24-18)23-11-14(2)26-16-7-5-9-22-12-16/h4-10,12,14,19,23H,11H2,1-3H3,(H3,21,24,25). The van der Waals surface area contributed by atoms with Crippen molar-refractivity contribution in [2.45, 2.75) is 33.0 Å². The number of benzene rings is 1. The molecule has 2 atom stereocenters. The molecule has 136 valence electrons. The topological polar surface area (TPSA) is 84.6 Å². The fourth-order valence-corrected chi connectivity index (χ4v) is 2.84. The van der Waals surface area contributed by atoms with Crippen molar-refractivity contribution in [3.8, 4) is 5.75 Å². The van der Waals surface area contributed by atoms with E-state index in [0.29, 0.717) is 12.5 Å². The highest BCUT2D eigenvalue weighted by atomic mass is 16.5. The molecule has 3 rings (SSSR count). The SMILES string of the molecule is Cc1cccc(C2=CC(NCC(C)Oc3cccnc3)N=C(N)N2)c1C. The van der Waals surface area contributed by atoms with Gasteiger partial charge in [0.15, 0.2) is 5.96 Å². The summed E-state index contributed by atoms with van der Waals surface area (Å²) in [4.78, 5) is 8.47. The number of aliphatic imine (C=N–C) groups is 1. The summed E-state index contributed by atoms with van der Waals surface area (Å²) >= 11 is 0. The zero-order chi connectivity index (χ0) is 18.5. The molecule has 0 radical (unpaired) electrons. The largest absolute Gasteiger partial charge is 0.488 e. The molecule has 2 aromatic rings. The van der Waals surface area contributed by atoms with Crippen molar-refractivity contribution >= 4 is 11.7 Å². The van der Waals surface area contributed by atoms with Crippen LogP contribution in [0.15, 0.2) is 53.8 Å². The van der Waals surface area contributed by atoms with Crippen molar-refractivity contribution in [3.63, 3.8) is 0 Å². The third kappa shape index (κ3) is 4.40. The van der Waals surface area contributed by atoms with E-state index in [1.165, 1.54) is 11.1 Å². The molecule has 1 aliphatic heterocycles. The number of nitrogens with two attached hydrogens (primary N) is 1. The third-order valence-corrected chi connectivity index (χ3v) is 4.35. The minimum atomic E-state index is -0.203. The maximum atomic E-state index is 5.99. The first-order valence-electron chi connectivity index (χ1n) is 8.71. The second-order valence-corrected chi connectivity index (χ2v) is 6.44. The van der Waals surface area contributed by atoms with Crippen LogP contribution in [0.5, 0.6) is 5.75 Å². The lowest BCUT2D eigenvalue weighted by Crippen LogP contribution is -2.42. The lowest BCUT2D eigenvalue weighted by atomic mass is 10.00. The van der Waals surface area contributed by atoms with Gasteiger partial charge in [-0.25, -0.2) is 4.99 Å². The van der Waals surface area contributed by atoms with E-state index in [1.807, 2.05) is 25.1 Å². The van der Waals surface area contributed by atoms with Crippen molar-refractivity contribution in [2.24, 2.45) is 10.7 Å². The Labute approximate surface area is 154 Å². The molecule has 0 saturated carbocycles. The van der Waals surface area contributed by atoms with Crippen LogP contribution < -0.4 is 21.1 Å². The Morgan fingerprint density at radius 3 is 2.88 bits per heavy atom. The Morgan fingerprint density at radius 1 is 1.27 bits per heavy atom. The molecule has 2 heterocycles. The van der Waals surface area contributed by atoms with Gasteiger partial charge >= 0.3 is 0 Å². The number of rotatable bonds is 6. The number of guanidine groups is 1. The second-order valence-electron chi connectivity index (χ2n) is 6.44. The predicted octanol–water partition coefficient (Wildman–Crippen LogP) is 2.34. The summed E-state index contributed by atoms with van der Waals surface area (Å²) in [6, 6.07) is 9.99. The van der Waals surface area contributed by atoms with Gasteiger partial charge in [-0.05, 0) is 50.1 Å². The molecule has 0 aliphatic carbocycles. The number of ether oxygens (including phenoxy) is 1. The maximum Gasteiger partial charge on any atom is 0.195 e. The van der Waals surface area contributed by atoms with E-state index in [0.717, 1.165) is 17.0 Å². The van der Waals surface area contributed by atoms with Crippen LogP contribution in [0.3, 0.4) is 0 Å². The van der Waals surface area contributed by atoms with Crippen molar-refractivity contribution in [1.82, 2.24) is 15.6 Å². The molecule has 0 amide bonds. The van der Waals surface area contributed by atoms with Gasteiger partial charge in [0, 0.05) is 24.0 Å². The van der Waals surface area contributed by atoms with Crippen molar-refractivity contribution < 1.29 is 4.74 Å². The third-order valence-electron chi connectivity index (χ3n) is 4.35. The molecule has 4 N–H and O–H groups in total. The monoisotopic (exact) mass is 351 g/mol. The highest BCUT2D eigenvalue weighted by Crippen LogP contribution is 2.21. The first-order chi connectivity index (χ1) is 12.5. The fraction of sp³-hybridized carbons (Fsp3) is 0.300. The molecule has 1 aliphatic rings. The van der Waals surface area contributed by atoms with Crippen LogP contribution in [-0.2, 0) is 0 Å². The Kier molecular flexibility index (Phi) is 5.53. The minimum absolute atomic E-state index is 0.0249. The Morgan fingerprint density at radius 2 is 2.12 bits per heavy atom. The summed E-state index contributed by atoms with van der Waals surface area (Å²) < 4.78 is 5.84. The van der Waals surface area contributed by atoms with Crippen LogP contribution in [0, 0.1) is 13.8 Å². The summed E-state index contributed by atoms with van der Waals surface area (Å²) in [5.74, 6) is 1.16. The van der Waals surface area contributed by atoms with E-state index in [-0.39, 0.29) is 12.3 Å². The molecule has 0 fully saturated rings. The molecule has 1 aromatic heterocycles. The molecular formula is C20H25N5O. The number of hydrogen-bond acceptors (Lipinski definition) is 6. The van der Waals surface area contributed by atoms with Gasteiger partial charge in [-0.15, -0.1) is 0 Å². The normalized spacial score (nSPS) is 17.7. The summed E-state index contributed by atoms with van der Waals surface area (Å²) in [5.41, 5.74) is 10.6. The predicted molar refractivity (Wildman–Crippen MR) is 105 cm³/mol. The zero-order valence-electron chi connectivity index (χ0n) is 15.4. The van der Waals surface area contributed by atoms with Crippen LogP contribution in [0.4, 0.5) is 0 Å². The highest BCUT2D eigenvalue weighted by molar-refractivity contribution is 5.90. The number of pyridine rings is 1. The summed E-state index contributed by atoms with van der Waals surface area (Å²) in [6.45, 7) is 6.85. The van der Waals surface area contributed by atoms with Gasteiger partial charge in [-0.3, -0.25) is 10.3 Å². The van der Waals surface area contributed by atoms with Crippen LogP contribution >= 0.6 is 0 Å². The highest BCUT2D eigenvalue weighted by Gasteiger charge is 2.17. The minimum Gasteiger partial charge on any atom is -0.488 e. The van der Waals surface area contributed by atoms with Crippen LogP contribution in [0.1, 0.15) is 23.6 Å². The Balaban J connectivity index is 1.66. The molecule has 0 saturated heterocycles. The second kappa shape index (κ2) is 8.01. The quantitative estimate of drug-likeness (QED) is 0.744. The van der Waals surface area contributed by atoms with Gasteiger partial charge in [0.05, 0.1) is 6.20 Å². The van der Waals surface area contributed by atoms with Gasteiger partial charge in [0.25, 0.3) is 0 Å². The summed E-state index contributed by atoms with van der Waals surface area (Å²) in [5, 5.41) is 6.54. The molecule has 1 aromatic carbocycles. The molecule has 6 heteroatoms. The molecule has 0 spiro atoms. The first kappa shape index (κ1) is 17.9. The smallest absolute Gasteiger partial charge is 0.195 e. The number of aryl methyl sites for hydroxylation is 1. The van der Waals surface area contributed by atoms with Crippen molar-refractivity contribution in [1.29, 1.82) is 0 Å². The number of nitrogens with one attached hydrogen (secondary N) is 2. The van der Waals surface area contributed by atoms with Gasteiger partial charge in [0.1, 0.15) is 18.0 Å². The molecule has 26 heavy (non-hydrogen) atoms. The molecule has 2 unspecified atom stereocenters. The average Bonchev–Trinajstić information content (AvgIpc) is 2.63. The van der Waals surface area contributed by atoms with Gasteiger partial charge < -0.3 is 15.8 Å². The number of aromatic nitrogens is 1. The van der Waals surface area contributed by atoms with E-state index in [2.05, 4.69) is 52.7 Å². The van der Waals surface area contributed by atoms with Gasteiger partial charge in [0.2, 0.25) is 0 Å². The fourth-order valence-electron chi connectivity index (χ4n) is 2.84. The van der Waals surface area contributed by atoms with E-state index >= 15 is 0 Å². The van der Waals surface area contributed by atoms with E-state index in [1.54, 1.807) is 12.4 Å². The van der Waals surface area contributed by atoms with Gasteiger partial charge in [-0.2, -0.15) is 0 Å². The van der Waals surface area contributed by atoms with Gasteiger partial charge in [-0.1, -0.05) is 18.2 Å².